The molecule has 1 aromatic rings. The third kappa shape index (κ3) is 3.28. The van der Waals surface area contributed by atoms with Crippen LogP contribution in [0.5, 0.6) is 0 Å². The van der Waals surface area contributed by atoms with Crippen LogP contribution in [0, 0.1) is 0 Å². The van der Waals surface area contributed by atoms with Crippen LogP contribution in [0.2, 0.25) is 0 Å². The van der Waals surface area contributed by atoms with Crippen LogP contribution in [-0.2, 0) is 16.9 Å². The second-order valence-corrected chi connectivity index (χ2v) is 4.27. The molecule has 1 rings (SSSR count). The Hall–Kier alpha value is -0.940. The molecule has 0 saturated carbocycles. The first-order valence-electron chi connectivity index (χ1n) is 5.07. The zero-order valence-electron chi connectivity index (χ0n) is 10.00. The summed E-state index contributed by atoms with van der Waals surface area (Å²) in [7, 11) is 1.62. The zero-order chi connectivity index (χ0) is 11.5. The average molecular weight is 213 g/mol. The second kappa shape index (κ2) is 4.72. The van der Waals surface area contributed by atoms with Crippen LogP contribution in [0.25, 0.3) is 0 Å². The summed E-state index contributed by atoms with van der Waals surface area (Å²) in [5, 5.41) is 7.09. The van der Waals surface area contributed by atoms with Crippen LogP contribution in [0.3, 0.4) is 0 Å². The molecule has 0 aliphatic rings. The van der Waals surface area contributed by atoms with Crippen molar-refractivity contribution in [2.45, 2.75) is 45.9 Å². The number of rotatable bonds is 5. The maximum absolute atomic E-state index is 5.25. The first-order valence-corrected chi connectivity index (χ1v) is 5.07. The van der Waals surface area contributed by atoms with Gasteiger partial charge in [-0.3, -0.25) is 0 Å². The summed E-state index contributed by atoms with van der Waals surface area (Å²) in [5.41, 5.74) is -0.525. The molecule has 0 aliphatic heterocycles. The van der Waals surface area contributed by atoms with Gasteiger partial charge in [0.15, 0.2) is 5.82 Å². The highest BCUT2D eigenvalue weighted by Crippen LogP contribution is 2.21. The minimum absolute atomic E-state index is 0.405. The molecule has 1 heterocycles. The molecule has 0 aromatic carbocycles. The number of aromatic nitrogens is 2. The predicted molar refractivity (Wildman–Crippen MR) is 56.3 cm³/mol. The molecule has 1 aromatic heterocycles. The van der Waals surface area contributed by atoms with Crippen LogP contribution in [0.4, 0.5) is 0 Å². The molecule has 0 atom stereocenters. The number of hydrogen-bond acceptors (Lipinski definition) is 5. The minimum Gasteiger partial charge on any atom is -0.369 e. The molecule has 86 valence electrons. The van der Waals surface area contributed by atoms with Gasteiger partial charge in [0, 0.05) is 13.2 Å². The van der Waals surface area contributed by atoms with Crippen molar-refractivity contribution < 1.29 is 9.26 Å². The molecule has 0 saturated heterocycles. The lowest BCUT2D eigenvalue weighted by atomic mass is 10.1. The van der Waals surface area contributed by atoms with Gasteiger partial charge in [0.25, 0.3) is 5.89 Å². The number of hydrogen-bond donors (Lipinski definition) is 1. The van der Waals surface area contributed by atoms with Crippen molar-refractivity contribution in [3.8, 4) is 0 Å². The largest absolute Gasteiger partial charge is 0.369 e. The van der Waals surface area contributed by atoms with Crippen LogP contribution >= 0.6 is 0 Å². The summed E-state index contributed by atoms with van der Waals surface area (Å²) in [4.78, 5) is 4.26. The van der Waals surface area contributed by atoms with E-state index in [2.05, 4.69) is 29.3 Å². The lowest BCUT2D eigenvalue weighted by molar-refractivity contribution is -0.00786. The van der Waals surface area contributed by atoms with Gasteiger partial charge in [-0.2, -0.15) is 4.98 Å². The fourth-order valence-corrected chi connectivity index (χ4v) is 0.953. The van der Waals surface area contributed by atoms with Gasteiger partial charge in [-0.25, -0.2) is 0 Å². The number of ether oxygens (including phenoxy) is 1. The van der Waals surface area contributed by atoms with Gasteiger partial charge < -0.3 is 14.6 Å². The van der Waals surface area contributed by atoms with E-state index < -0.39 is 5.60 Å². The van der Waals surface area contributed by atoms with Crippen molar-refractivity contribution in [3.05, 3.63) is 11.7 Å². The van der Waals surface area contributed by atoms with E-state index in [9.17, 15) is 0 Å². The number of nitrogens with one attached hydrogen (secondary N) is 1. The normalized spacial score (nSPS) is 12.4. The maximum Gasteiger partial charge on any atom is 0.258 e. The van der Waals surface area contributed by atoms with Crippen LogP contribution in [-0.4, -0.2) is 23.3 Å². The lowest BCUT2D eigenvalue weighted by Gasteiger charge is -2.16. The van der Waals surface area contributed by atoms with E-state index in [1.165, 1.54) is 0 Å². The van der Waals surface area contributed by atoms with Crippen molar-refractivity contribution in [2.24, 2.45) is 0 Å². The molecule has 0 bridgehead atoms. The Bertz CT molecular complexity index is 307. The molecular weight excluding hydrogens is 194 g/mol. The Morgan fingerprint density at radius 1 is 1.47 bits per heavy atom. The molecule has 5 heteroatoms. The van der Waals surface area contributed by atoms with E-state index in [1.54, 1.807) is 7.11 Å². The van der Waals surface area contributed by atoms with Gasteiger partial charge in [-0.15, -0.1) is 0 Å². The van der Waals surface area contributed by atoms with E-state index >= 15 is 0 Å². The van der Waals surface area contributed by atoms with Crippen molar-refractivity contribution in [1.82, 2.24) is 15.5 Å². The Balaban J connectivity index is 2.64. The molecule has 0 unspecified atom stereocenters. The quantitative estimate of drug-likeness (QED) is 0.802. The van der Waals surface area contributed by atoms with Gasteiger partial charge in [0.1, 0.15) is 5.60 Å². The Morgan fingerprint density at radius 3 is 2.67 bits per heavy atom. The van der Waals surface area contributed by atoms with E-state index in [1.807, 2.05) is 13.8 Å². The molecule has 0 aliphatic carbocycles. The van der Waals surface area contributed by atoms with Crippen molar-refractivity contribution >= 4 is 0 Å². The highest BCUT2D eigenvalue weighted by molar-refractivity contribution is 4.95. The molecule has 0 amide bonds. The van der Waals surface area contributed by atoms with E-state index in [0.717, 1.165) is 0 Å². The molecule has 0 spiro atoms. The van der Waals surface area contributed by atoms with E-state index in [4.69, 9.17) is 9.26 Å². The van der Waals surface area contributed by atoms with E-state index in [0.29, 0.717) is 24.3 Å². The molecular formula is C10H19N3O2. The number of nitrogens with zero attached hydrogens (tertiary/aromatic N) is 2. The summed E-state index contributed by atoms with van der Waals surface area (Å²) in [6.45, 7) is 8.53. The van der Waals surface area contributed by atoms with Gasteiger partial charge in [-0.1, -0.05) is 19.0 Å². The number of methoxy groups -OCH3 is 1. The molecule has 0 fully saturated rings. The third-order valence-electron chi connectivity index (χ3n) is 2.16. The molecule has 5 nitrogen and oxygen atoms in total. The third-order valence-corrected chi connectivity index (χ3v) is 2.16. The summed E-state index contributed by atoms with van der Waals surface area (Å²) in [6, 6.07) is 0.405. The first-order chi connectivity index (χ1) is 6.95. The van der Waals surface area contributed by atoms with Crippen molar-refractivity contribution in [3.63, 3.8) is 0 Å². The Kier molecular flexibility index (Phi) is 3.82. The maximum atomic E-state index is 5.25. The van der Waals surface area contributed by atoms with Crippen LogP contribution < -0.4 is 5.32 Å². The highest BCUT2D eigenvalue weighted by Gasteiger charge is 2.26. The van der Waals surface area contributed by atoms with Gasteiger partial charge in [0.2, 0.25) is 0 Å². The summed E-state index contributed by atoms with van der Waals surface area (Å²) in [5.74, 6) is 1.16. The fraction of sp³-hybridized carbons (Fsp3) is 0.800. The van der Waals surface area contributed by atoms with Crippen molar-refractivity contribution in [2.75, 3.05) is 7.11 Å². The smallest absolute Gasteiger partial charge is 0.258 e. The first kappa shape index (κ1) is 12.1. The second-order valence-electron chi connectivity index (χ2n) is 4.27. The van der Waals surface area contributed by atoms with Gasteiger partial charge in [0.05, 0.1) is 6.54 Å². The fourth-order valence-electron chi connectivity index (χ4n) is 0.953. The summed E-state index contributed by atoms with van der Waals surface area (Å²) >= 11 is 0. The molecule has 15 heavy (non-hydrogen) atoms. The topological polar surface area (TPSA) is 60.2 Å². The van der Waals surface area contributed by atoms with Gasteiger partial charge >= 0.3 is 0 Å². The lowest BCUT2D eigenvalue weighted by Crippen LogP contribution is -2.23. The summed E-state index contributed by atoms with van der Waals surface area (Å²) < 4.78 is 10.4. The minimum atomic E-state index is -0.525. The van der Waals surface area contributed by atoms with Crippen molar-refractivity contribution in [1.29, 1.82) is 0 Å². The molecule has 1 N–H and O–H groups in total. The zero-order valence-corrected chi connectivity index (χ0v) is 10.00. The van der Waals surface area contributed by atoms with Crippen LogP contribution in [0.1, 0.15) is 39.4 Å². The van der Waals surface area contributed by atoms with Crippen LogP contribution in [0.15, 0.2) is 4.52 Å². The highest BCUT2D eigenvalue weighted by atomic mass is 16.5. The van der Waals surface area contributed by atoms with Gasteiger partial charge in [-0.05, 0) is 13.8 Å². The Morgan fingerprint density at radius 2 is 2.13 bits per heavy atom. The average Bonchev–Trinajstić information content (AvgIpc) is 2.63. The Labute approximate surface area is 90.2 Å². The molecule has 0 radical (unpaired) electrons. The monoisotopic (exact) mass is 213 g/mol. The standard InChI is InChI=1S/C10H19N3O2/c1-7(2)11-6-8-12-9(15-13-8)10(3,4)14-5/h7,11H,6H2,1-5H3. The van der Waals surface area contributed by atoms with E-state index in [-0.39, 0.29) is 0 Å². The summed E-state index contributed by atoms with van der Waals surface area (Å²) in [6.07, 6.45) is 0. The SMILES string of the molecule is COC(C)(C)c1nc(CNC(C)C)no1. The predicted octanol–water partition coefficient (Wildman–Crippen LogP) is 1.45.